The fraction of sp³-hybridized carbons (Fsp3) is 0.312. The van der Waals surface area contributed by atoms with E-state index >= 15 is 0 Å². The summed E-state index contributed by atoms with van der Waals surface area (Å²) < 4.78 is 31.2. The molecule has 0 radical (unpaired) electrons. The molecule has 0 saturated carbocycles. The molecule has 7 heteroatoms. The van der Waals surface area contributed by atoms with Gasteiger partial charge in [0.05, 0.1) is 11.2 Å². The summed E-state index contributed by atoms with van der Waals surface area (Å²) >= 11 is 0. The van der Waals surface area contributed by atoms with Gasteiger partial charge in [0.1, 0.15) is 5.76 Å². The van der Waals surface area contributed by atoms with Crippen molar-refractivity contribution in [3.63, 3.8) is 0 Å². The zero-order valence-corrected chi connectivity index (χ0v) is 14.1. The average Bonchev–Trinajstić information content (AvgIpc) is 3.00. The van der Waals surface area contributed by atoms with E-state index in [4.69, 9.17) is 4.42 Å². The molecule has 1 aromatic heterocycles. The van der Waals surface area contributed by atoms with Gasteiger partial charge in [0.15, 0.2) is 0 Å². The highest BCUT2D eigenvalue weighted by atomic mass is 32.2. The van der Waals surface area contributed by atoms with Crippen LogP contribution in [0.2, 0.25) is 0 Å². The second-order valence-corrected chi connectivity index (χ2v) is 7.23. The molecule has 23 heavy (non-hydrogen) atoms. The van der Waals surface area contributed by atoms with Crippen LogP contribution in [0, 0.1) is 6.92 Å². The number of nitrogens with one attached hydrogen (secondary N) is 2. The predicted octanol–water partition coefficient (Wildman–Crippen LogP) is 1.86. The summed E-state index contributed by atoms with van der Waals surface area (Å²) in [5.74, 6) is 0.468. The summed E-state index contributed by atoms with van der Waals surface area (Å²) in [7, 11) is -2.25. The summed E-state index contributed by atoms with van der Waals surface area (Å²) in [4.78, 5) is 12.5. The van der Waals surface area contributed by atoms with Crippen molar-refractivity contribution in [2.75, 3.05) is 7.05 Å². The Hall–Kier alpha value is -2.12. The van der Waals surface area contributed by atoms with E-state index in [1.807, 2.05) is 13.0 Å². The minimum absolute atomic E-state index is 0.0643. The molecule has 2 N–H and O–H groups in total. The highest BCUT2D eigenvalue weighted by Crippen LogP contribution is 2.16. The van der Waals surface area contributed by atoms with Crippen LogP contribution in [-0.2, 0) is 16.4 Å². The van der Waals surface area contributed by atoms with Crippen molar-refractivity contribution < 1.29 is 17.6 Å². The van der Waals surface area contributed by atoms with Crippen LogP contribution in [0.5, 0.6) is 0 Å². The number of carbonyl (C=O) groups is 1. The van der Waals surface area contributed by atoms with Gasteiger partial charge in [-0.05, 0) is 50.7 Å². The molecule has 2 rings (SSSR count). The molecule has 0 fully saturated rings. The van der Waals surface area contributed by atoms with Crippen LogP contribution in [0.1, 0.15) is 28.6 Å². The topological polar surface area (TPSA) is 88.4 Å². The summed E-state index contributed by atoms with van der Waals surface area (Å²) in [6, 6.07) is 7.97. The zero-order valence-electron chi connectivity index (χ0n) is 13.3. The Morgan fingerprint density at radius 1 is 1.30 bits per heavy atom. The molecule has 6 nitrogen and oxygen atoms in total. The second-order valence-electron chi connectivity index (χ2n) is 5.34. The van der Waals surface area contributed by atoms with Gasteiger partial charge in [-0.25, -0.2) is 13.1 Å². The lowest BCUT2D eigenvalue weighted by atomic mass is 10.1. The van der Waals surface area contributed by atoms with E-state index in [0.717, 1.165) is 5.76 Å². The van der Waals surface area contributed by atoms with Crippen molar-refractivity contribution in [2.24, 2.45) is 0 Å². The van der Waals surface area contributed by atoms with Gasteiger partial charge >= 0.3 is 0 Å². The Morgan fingerprint density at radius 3 is 2.65 bits per heavy atom. The quantitative estimate of drug-likeness (QED) is 0.843. The number of hydrogen-bond donors (Lipinski definition) is 2. The Morgan fingerprint density at radius 2 is 2.04 bits per heavy atom. The predicted molar refractivity (Wildman–Crippen MR) is 86.8 cm³/mol. The first-order chi connectivity index (χ1) is 10.8. The number of hydrogen-bond acceptors (Lipinski definition) is 4. The van der Waals surface area contributed by atoms with E-state index in [0.29, 0.717) is 17.5 Å². The van der Waals surface area contributed by atoms with Crippen LogP contribution in [0.25, 0.3) is 0 Å². The molecular formula is C16H20N2O4S. The van der Waals surface area contributed by atoms with Gasteiger partial charge in [-0.15, -0.1) is 0 Å². The number of furan rings is 1. The van der Waals surface area contributed by atoms with E-state index in [2.05, 4.69) is 10.0 Å². The number of aryl methyl sites for hydroxylation is 1. The molecule has 0 aliphatic rings. The zero-order chi connectivity index (χ0) is 17.0. The minimum atomic E-state index is -3.59. The van der Waals surface area contributed by atoms with Crippen molar-refractivity contribution in [2.45, 2.75) is 31.2 Å². The first kappa shape index (κ1) is 17.2. The first-order valence-electron chi connectivity index (χ1n) is 7.21. The Labute approximate surface area is 135 Å². The lowest BCUT2D eigenvalue weighted by molar-refractivity contribution is 0.0938. The monoisotopic (exact) mass is 336 g/mol. The third kappa shape index (κ3) is 4.20. The van der Waals surface area contributed by atoms with Crippen molar-refractivity contribution in [1.29, 1.82) is 0 Å². The second kappa shape index (κ2) is 6.97. The molecule has 0 unspecified atom stereocenters. The summed E-state index contributed by atoms with van der Waals surface area (Å²) in [6.45, 7) is 3.63. The van der Waals surface area contributed by atoms with E-state index in [1.165, 1.54) is 19.2 Å². The molecule has 1 atom stereocenters. The maximum Gasteiger partial charge on any atom is 0.251 e. The number of benzene rings is 1. The van der Waals surface area contributed by atoms with Crippen LogP contribution >= 0.6 is 0 Å². The Kier molecular flexibility index (Phi) is 5.23. The van der Waals surface area contributed by atoms with Crippen LogP contribution in [0.15, 0.2) is 45.9 Å². The average molecular weight is 336 g/mol. The summed E-state index contributed by atoms with van der Waals surface area (Å²) in [5.41, 5.74) is 1.05. The normalized spacial score (nSPS) is 12.8. The van der Waals surface area contributed by atoms with Crippen LogP contribution in [-0.4, -0.2) is 27.4 Å². The van der Waals surface area contributed by atoms with E-state index in [9.17, 15) is 13.2 Å². The number of amides is 1. The Bertz CT molecular complexity index is 782. The molecule has 2 aromatic rings. The van der Waals surface area contributed by atoms with Crippen LogP contribution in [0.3, 0.4) is 0 Å². The van der Waals surface area contributed by atoms with Crippen molar-refractivity contribution in [3.8, 4) is 0 Å². The maximum atomic E-state index is 12.4. The van der Waals surface area contributed by atoms with Gasteiger partial charge in [-0.3, -0.25) is 4.79 Å². The minimum Gasteiger partial charge on any atom is -0.469 e. The lowest BCUT2D eigenvalue weighted by Gasteiger charge is -2.14. The molecule has 124 valence electrons. The van der Waals surface area contributed by atoms with Crippen molar-refractivity contribution >= 4 is 15.9 Å². The first-order valence-corrected chi connectivity index (χ1v) is 8.69. The number of sulfonamides is 1. The van der Waals surface area contributed by atoms with Gasteiger partial charge < -0.3 is 9.73 Å². The third-order valence-corrected chi connectivity index (χ3v) is 4.91. The molecular weight excluding hydrogens is 316 g/mol. The fourth-order valence-corrected chi connectivity index (χ4v) is 2.97. The molecule has 0 saturated heterocycles. The van der Waals surface area contributed by atoms with Gasteiger partial charge in [0.25, 0.3) is 5.91 Å². The number of rotatable bonds is 6. The molecule has 0 aliphatic heterocycles. The molecule has 1 amide bonds. The van der Waals surface area contributed by atoms with E-state index < -0.39 is 10.0 Å². The molecule has 0 bridgehead atoms. The van der Waals surface area contributed by atoms with E-state index in [1.54, 1.807) is 25.3 Å². The fourth-order valence-electron chi connectivity index (χ4n) is 2.21. The molecule has 0 spiro atoms. The van der Waals surface area contributed by atoms with Gasteiger partial charge in [-0.2, -0.15) is 0 Å². The largest absolute Gasteiger partial charge is 0.469 e. The standard InChI is InChI=1S/C16H20N2O4S/c1-11-6-7-14(23(20,21)17-3)10-15(11)16(19)18-12(2)9-13-5-4-8-22-13/h4-8,10,12,17H,9H2,1-3H3,(H,18,19)/t12-/m1/s1. The van der Waals surface area contributed by atoms with Gasteiger partial charge in [-0.1, -0.05) is 6.07 Å². The third-order valence-electron chi connectivity index (χ3n) is 3.50. The van der Waals surface area contributed by atoms with Crippen molar-refractivity contribution in [3.05, 3.63) is 53.5 Å². The molecule has 1 heterocycles. The summed E-state index contributed by atoms with van der Waals surface area (Å²) in [5, 5.41) is 2.86. The van der Waals surface area contributed by atoms with E-state index in [-0.39, 0.29) is 16.8 Å². The highest BCUT2D eigenvalue weighted by molar-refractivity contribution is 7.89. The van der Waals surface area contributed by atoms with Crippen molar-refractivity contribution in [1.82, 2.24) is 10.0 Å². The molecule has 1 aromatic carbocycles. The maximum absolute atomic E-state index is 12.4. The molecule has 0 aliphatic carbocycles. The highest BCUT2D eigenvalue weighted by Gasteiger charge is 2.18. The lowest BCUT2D eigenvalue weighted by Crippen LogP contribution is -2.34. The number of carbonyl (C=O) groups excluding carboxylic acids is 1. The smallest absolute Gasteiger partial charge is 0.251 e. The van der Waals surface area contributed by atoms with Gasteiger partial charge in [0, 0.05) is 18.0 Å². The Balaban J connectivity index is 2.17. The van der Waals surface area contributed by atoms with Crippen LogP contribution < -0.4 is 10.0 Å². The van der Waals surface area contributed by atoms with Crippen LogP contribution in [0.4, 0.5) is 0 Å². The summed E-state index contributed by atoms with van der Waals surface area (Å²) in [6.07, 6.45) is 2.15. The van der Waals surface area contributed by atoms with Gasteiger partial charge in [0.2, 0.25) is 10.0 Å². The SMILES string of the molecule is CNS(=O)(=O)c1ccc(C)c(C(=O)N[C@H](C)Cc2ccco2)c1.